The van der Waals surface area contributed by atoms with Crippen LogP contribution >= 0.6 is 11.6 Å². The van der Waals surface area contributed by atoms with E-state index in [1.165, 1.54) is 42.3 Å². The molecule has 3 aromatic rings. The third-order valence-corrected chi connectivity index (χ3v) is 5.25. The van der Waals surface area contributed by atoms with Gasteiger partial charge in [-0.05, 0) is 43.3 Å². The molecule has 0 aliphatic rings. The Balaban J connectivity index is 1.91. The molecule has 12 heteroatoms. The molecule has 0 unspecified atom stereocenters. The van der Waals surface area contributed by atoms with E-state index in [-0.39, 0.29) is 28.6 Å². The molecule has 35 heavy (non-hydrogen) atoms. The standard InChI is InChI=1S/C23H22ClF3N4O4/c1-4-31(34-3)20(32)13-35-19-9-8-16(11-17(19)21-18(24)12-28-30(21)2)29-22(33)14-6-5-7-15(10-14)23(25,26)27/h5-12H,4,13H2,1-3H3,(H,29,33). The molecule has 0 radical (unpaired) electrons. The number of ether oxygens (including phenoxy) is 1. The average molecular weight is 511 g/mol. The third kappa shape index (κ3) is 6.11. The number of hydrogen-bond donors (Lipinski definition) is 1. The molecule has 1 aromatic heterocycles. The van der Waals surface area contributed by atoms with Crippen LogP contribution in [0.4, 0.5) is 18.9 Å². The summed E-state index contributed by atoms with van der Waals surface area (Å²) < 4.78 is 46.2. The van der Waals surface area contributed by atoms with Gasteiger partial charge in [-0.1, -0.05) is 17.7 Å². The largest absolute Gasteiger partial charge is 0.483 e. The topological polar surface area (TPSA) is 85.7 Å². The molecule has 0 spiro atoms. The van der Waals surface area contributed by atoms with Crippen LogP contribution < -0.4 is 10.1 Å². The second-order valence-electron chi connectivity index (χ2n) is 7.27. The van der Waals surface area contributed by atoms with Crippen molar-refractivity contribution >= 4 is 29.1 Å². The van der Waals surface area contributed by atoms with Crippen molar-refractivity contribution in [1.82, 2.24) is 14.8 Å². The zero-order valence-electron chi connectivity index (χ0n) is 19.0. The first-order valence-corrected chi connectivity index (χ1v) is 10.7. The van der Waals surface area contributed by atoms with Crippen LogP contribution in [-0.4, -0.2) is 46.9 Å². The Bertz CT molecular complexity index is 1210. The van der Waals surface area contributed by atoms with Crippen molar-refractivity contribution in [2.24, 2.45) is 7.05 Å². The maximum atomic E-state index is 13.0. The molecule has 0 fully saturated rings. The molecule has 0 saturated heterocycles. The van der Waals surface area contributed by atoms with Gasteiger partial charge in [-0.25, -0.2) is 5.06 Å². The van der Waals surface area contributed by atoms with Gasteiger partial charge in [0.15, 0.2) is 6.61 Å². The number of anilines is 1. The molecule has 2 amide bonds. The highest BCUT2D eigenvalue weighted by molar-refractivity contribution is 6.33. The molecule has 3 rings (SSSR count). The van der Waals surface area contributed by atoms with Crippen molar-refractivity contribution in [1.29, 1.82) is 0 Å². The van der Waals surface area contributed by atoms with Crippen molar-refractivity contribution in [2.45, 2.75) is 13.1 Å². The molecule has 1 heterocycles. The molecule has 2 aromatic carbocycles. The van der Waals surface area contributed by atoms with Crippen LogP contribution in [0.15, 0.2) is 48.7 Å². The van der Waals surface area contributed by atoms with Crippen LogP contribution in [0.2, 0.25) is 5.02 Å². The third-order valence-electron chi connectivity index (χ3n) is 4.98. The molecule has 186 valence electrons. The maximum Gasteiger partial charge on any atom is 0.416 e. The normalized spacial score (nSPS) is 11.3. The van der Waals surface area contributed by atoms with Crippen molar-refractivity contribution in [2.75, 3.05) is 25.6 Å². The highest BCUT2D eigenvalue weighted by atomic mass is 35.5. The van der Waals surface area contributed by atoms with Crippen molar-refractivity contribution in [3.8, 4) is 17.0 Å². The Morgan fingerprint density at radius 3 is 2.54 bits per heavy atom. The number of hydrogen-bond acceptors (Lipinski definition) is 5. The van der Waals surface area contributed by atoms with Gasteiger partial charge in [-0.2, -0.15) is 18.3 Å². The molecule has 0 aliphatic carbocycles. The van der Waals surface area contributed by atoms with E-state index < -0.39 is 23.6 Å². The van der Waals surface area contributed by atoms with Crippen LogP contribution in [0.25, 0.3) is 11.3 Å². The number of likely N-dealkylation sites (N-methyl/N-ethyl adjacent to an activating group) is 1. The van der Waals surface area contributed by atoms with Crippen LogP contribution in [0.3, 0.4) is 0 Å². The number of hydroxylamine groups is 2. The van der Waals surface area contributed by atoms with E-state index in [4.69, 9.17) is 21.2 Å². The number of halogens is 4. The van der Waals surface area contributed by atoms with Gasteiger partial charge in [0.1, 0.15) is 5.75 Å². The number of aryl methyl sites for hydroxylation is 1. The van der Waals surface area contributed by atoms with Crippen LogP contribution in [-0.2, 0) is 22.9 Å². The summed E-state index contributed by atoms with van der Waals surface area (Å²) in [5, 5.41) is 8.09. The van der Waals surface area contributed by atoms with E-state index in [1.807, 2.05) is 0 Å². The number of nitrogens with one attached hydrogen (secondary N) is 1. The first kappa shape index (κ1) is 26.0. The van der Waals surface area contributed by atoms with E-state index in [2.05, 4.69) is 10.4 Å². The molecular weight excluding hydrogens is 489 g/mol. The summed E-state index contributed by atoms with van der Waals surface area (Å²) in [5.74, 6) is -0.882. The summed E-state index contributed by atoms with van der Waals surface area (Å²) in [6, 6.07) is 8.63. The summed E-state index contributed by atoms with van der Waals surface area (Å²) in [6.07, 6.45) is -3.16. The first-order valence-electron chi connectivity index (χ1n) is 10.3. The van der Waals surface area contributed by atoms with Crippen LogP contribution in [0, 0.1) is 0 Å². The molecule has 0 atom stereocenters. The lowest BCUT2D eigenvalue weighted by molar-refractivity contribution is -0.176. The van der Waals surface area contributed by atoms with Gasteiger partial charge in [0.2, 0.25) is 0 Å². The Morgan fingerprint density at radius 1 is 1.20 bits per heavy atom. The van der Waals surface area contributed by atoms with Crippen LogP contribution in [0.5, 0.6) is 5.75 Å². The van der Waals surface area contributed by atoms with Crippen molar-refractivity contribution in [3.05, 3.63) is 64.8 Å². The number of nitrogens with zero attached hydrogens (tertiary/aromatic N) is 3. The monoisotopic (exact) mass is 510 g/mol. The predicted molar refractivity (Wildman–Crippen MR) is 123 cm³/mol. The minimum atomic E-state index is -4.58. The molecule has 8 nitrogen and oxygen atoms in total. The minimum Gasteiger partial charge on any atom is -0.483 e. The summed E-state index contributed by atoms with van der Waals surface area (Å²) in [6.45, 7) is 1.73. The van der Waals surface area contributed by atoms with Gasteiger partial charge in [0.05, 0.1) is 29.6 Å². The smallest absolute Gasteiger partial charge is 0.416 e. The molecular formula is C23H22ClF3N4O4. The number of rotatable bonds is 8. The van der Waals surface area contributed by atoms with E-state index in [0.717, 1.165) is 23.3 Å². The average Bonchev–Trinajstić information content (AvgIpc) is 3.16. The fourth-order valence-electron chi connectivity index (χ4n) is 3.29. The number of carbonyl (C=O) groups is 2. The highest BCUT2D eigenvalue weighted by Gasteiger charge is 2.31. The Kier molecular flexibility index (Phi) is 8.03. The first-order chi connectivity index (χ1) is 16.5. The lowest BCUT2D eigenvalue weighted by Gasteiger charge is -2.19. The van der Waals surface area contributed by atoms with Gasteiger partial charge in [-0.15, -0.1) is 0 Å². The summed E-state index contributed by atoms with van der Waals surface area (Å²) >= 11 is 6.30. The quantitative estimate of drug-likeness (QED) is 0.440. The van der Waals surface area contributed by atoms with Gasteiger partial charge >= 0.3 is 6.18 Å². The number of amides is 2. The zero-order valence-corrected chi connectivity index (χ0v) is 19.8. The second kappa shape index (κ2) is 10.8. The molecule has 0 bridgehead atoms. The second-order valence-corrected chi connectivity index (χ2v) is 7.68. The SMILES string of the molecule is CCN(OC)C(=O)COc1ccc(NC(=O)c2cccc(C(F)(F)F)c2)cc1-c1c(Cl)cnn1C. The fourth-order valence-corrected chi connectivity index (χ4v) is 3.56. The van der Waals surface area contributed by atoms with Crippen LogP contribution in [0.1, 0.15) is 22.8 Å². The van der Waals surface area contributed by atoms with Gasteiger partial charge in [-0.3, -0.25) is 19.1 Å². The molecule has 0 saturated carbocycles. The van der Waals surface area contributed by atoms with E-state index >= 15 is 0 Å². The molecule has 0 aliphatic heterocycles. The van der Waals surface area contributed by atoms with E-state index in [9.17, 15) is 22.8 Å². The summed E-state index contributed by atoms with van der Waals surface area (Å²) in [4.78, 5) is 29.9. The number of carbonyl (C=O) groups excluding carboxylic acids is 2. The number of alkyl halides is 3. The lowest BCUT2D eigenvalue weighted by atomic mass is 10.1. The van der Waals surface area contributed by atoms with E-state index in [1.54, 1.807) is 14.0 Å². The fraction of sp³-hybridized carbons (Fsp3) is 0.261. The number of benzene rings is 2. The maximum absolute atomic E-state index is 13.0. The zero-order chi connectivity index (χ0) is 25.8. The van der Waals surface area contributed by atoms with Gasteiger partial charge < -0.3 is 10.1 Å². The van der Waals surface area contributed by atoms with Gasteiger partial charge in [0.25, 0.3) is 11.8 Å². The summed E-state index contributed by atoms with van der Waals surface area (Å²) in [5.41, 5.74) is 0.0297. The Labute approximate surface area is 204 Å². The van der Waals surface area contributed by atoms with Crippen molar-refractivity contribution < 1.29 is 32.3 Å². The summed E-state index contributed by atoms with van der Waals surface area (Å²) in [7, 11) is 3.01. The predicted octanol–water partition coefficient (Wildman–Crippen LogP) is 4.80. The van der Waals surface area contributed by atoms with E-state index in [0.29, 0.717) is 17.8 Å². The Hall–Kier alpha value is -3.57. The van der Waals surface area contributed by atoms with Gasteiger partial charge in [0, 0.05) is 30.4 Å². The highest BCUT2D eigenvalue weighted by Crippen LogP contribution is 2.37. The lowest BCUT2D eigenvalue weighted by Crippen LogP contribution is -2.33. The van der Waals surface area contributed by atoms with Crippen molar-refractivity contribution in [3.63, 3.8) is 0 Å². The molecule has 1 N–H and O–H groups in total. The number of aromatic nitrogens is 2. The minimum absolute atomic E-state index is 0.162. The Morgan fingerprint density at radius 2 is 1.94 bits per heavy atom.